The van der Waals surface area contributed by atoms with Crippen LogP contribution in [0.2, 0.25) is 0 Å². The number of hydrogen-bond donors (Lipinski definition) is 2. The maximum atomic E-state index is 11.5. The minimum Gasteiger partial charge on any atom is -0.506 e. The molecule has 0 saturated carbocycles. The number of aromatic nitrogens is 1. The van der Waals surface area contributed by atoms with Crippen molar-refractivity contribution in [3.8, 4) is 16.9 Å². The Kier molecular flexibility index (Phi) is 6.09. The normalized spacial score (nSPS) is 10.8. The molecule has 0 aliphatic carbocycles. The number of benzene rings is 2. The second-order valence-electron chi connectivity index (χ2n) is 7.02. The Balaban J connectivity index is 1.90. The highest BCUT2D eigenvalue weighted by Crippen LogP contribution is 2.28. The van der Waals surface area contributed by atoms with Crippen LogP contribution in [0.25, 0.3) is 11.1 Å². The van der Waals surface area contributed by atoms with Gasteiger partial charge in [-0.2, -0.15) is 0 Å². The largest absolute Gasteiger partial charge is 0.506 e. The second-order valence-corrected chi connectivity index (χ2v) is 7.02. The number of aryl methyl sites for hydroxylation is 1. The number of pyridine rings is 1. The third kappa shape index (κ3) is 4.22. The topological polar surface area (TPSA) is 70.4 Å². The minimum absolute atomic E-state index is 0.224. The smallest absolute Gasteiger partial charge is 0.336 e. The molecule has 0 bridgehead atoms. The molecule has 0 fully saturated rings. The molecule has 0 amide bonds. The standard InChI is InChI=1S/C24H25NO3/c1-3-4-9-22-21(16(2)23(26)15-25-22)14-17-10-12-18(13-11-17)19-7-5-6-8-20(19)24(27)28/h5-8,10-13,15,26H,3-4,9,14H2,1-2H3,(H,27,28). The van der Waals surface area contributed by atoms with E-state index in [1.807, 2.05) is 43.3 Å². The summed E-state index contributed by atoms with van der Waals surface area (Å²) in [5.74, 6) is -0.705. The number of rotatable bonds is 7. The van der Waals surface area contributed by atoms with E-state index in [1.54, 1.807) is 12.1 Å². The first-order valence-electron chi connectivity index (χ1n) is 9.59. The molecule has 2 N–H and O–H groups in total. The molecule has 4 nitrogen and oxygen atoms in total. The summed E-state index contributed by atoms with van der Waals surface area (Å²) < 4.78 is 0. The van der Waals surface area contributed by atoms with Crippen LogP contribution in [0.3, 0.4) is 0 Å². The third-order valence-corrected chi connectivity index (χ3v) is 5.10. The molecule has 1 heterocycles. The molecule has 0 radical (unpaired) electrons. The SMILES string of the molecule is CCCCc1ncc(O)c(C)c1Cc1ccc(-c2ccccc2C(=O)O)cc1. The summed E-state index contributed by atoms with van der Waals surface area (Å²) in [7, 11) is 0. The van der Waals surface area contributed by atoms with Crippen molar-refractivity contribution >= 4 is 5.97 Å². The molecule has 3 aromatic rings. The van der Waals surface area contributed by atoms with Gasteiger partial charge < -0.3 is 10.2 Å². The Morgan fingerprint density at radius 2 is 1.79 bits per heavy atom. The van der Waals surface area contributed by atoms with Gasteiger partial charge in [0.2, 0.25) is 0 Å². The van der Waals surface area contributed by atoms with Crippen molar-refractivity contribution in [2.75, 3.05) is 0 Å². The number of carbonyl (C=O) groups is 1. The molecule has 28 heavy (non-hydrogen) atoms. The van der Waals surface area contributed by atoms with Crippen LogP contribution in [-0.2, 0) is 12.8 Å². The molecular weight excluding hydrogens is 350 g/mol. The van der Waals surface area contributed by atoms with Gasteiger partial charge in [-0.3, -0.25) is 4.98 Å². The van der Waals surface area contributed by atoms with Crippen molar-refractivity contribution < 1.29 is 15.0 Å². The molecule has 1 aromatic heterocycles. The zero-order valence-electron chi connectivity index (χ0n) is 16.3. The summed E-state index contributed by atoms with van der Waals surface area (Å²) in [6, 6.07) is 15.0. The number of carboxylic acid groups (broad SMARTS) is 1. The van der Waals surface area contributed by atoms with Gasteiger partial charge in [0.1, 0.15) is 5.75 Å². The van der Waals surface area contributed by atoms with Crippen molar-refractivity contribution in [3.63, 3.8) is 0 Å². The molecule has 0 atom stereocenters. The number of hydrogen-bond acceptors (Lipinski definition) is 3. The van der Waals surface area contributed by atoms with Crippen LogP contribution in [0, 0.1) is 6.92 Å². The fourth-order valence-electron chi connectivity index (χ4n) is 3.41. The maximum Gasteiger partial charge on any atom is 0.336 e. The molecule has 3 rings (SSSR count). The van der Waals surface area contributed by atoms with Gasteiger partial charge in [0.15, 0.2) is 0 Å². The van der Waals surface area contributed by atoms with Gasteiger partial charge in [-0.1, -0.05) is 55.8 Å². The predicted molar refractivity (Wildman–Crippen MR) is 111 cm³/mol. The van der Waals surface area contributed by atoms with E-state index >= 15 is 0 Å². The molecule has 0 unspecified atom stereocenters. The van der Waals surface area contributed by atoms with E-state index in [1.165, 1.54) is 6.20 Å². The minimum atomic E-state index is -0.929. The number of nitrogens with zero attached hydrogens (tertiary/aromatic N) is 1. The first-order chi connectivity index (χ1) is 13.5. The zero-order chi connectivity index (χ0) is 20.1. The van der Waals surface area contributed by atoms with E-state index < -0.39 is 5.97 Å². The molecule has 144 valence electrons. The number of carboxylic acids is 1. The lowest BCUT2D eigenvalue weighted by Gasteiger charge is -2.14. The quantitative estimate of drug-likeness (QED) is 0.580. The predicted octanol–water partition coefficient (Wildman–Crippen LogP) is 5.39. The highest BCUT2D eigenvalue weighted by Gasteiger charge is 2.13. The Morgan fingerprint density at radius 1 is 1.07 bits per heavy atom. The van der Waals surface area contributed by atoms with Gasteiger partial charge >= 0.3 is 5.97 Å². The average molecular weight is 375 g/mol. The van der Waals surface area contributed by atoms with E-state index in [9.17, 15) is 15.0 Å². The summed E-state index contributed by atoms with van der Waals surface area (Å²) in [4.78, 5) is 15.9. The average Bonchev–Trinajstić information content (AvgIpc) is 2.71. The molecule has 0 aliphatic heterocycles. The Labute approximate surface area is 165 Å². The van der Waals surface area contributed by atoms with Crippen molar-refractivity contribution in [1.29, 1.82) is 0 Å². The number of aromatic carboxylic acids is 1. The Hall–Kier alpha value is -3.14. The van der Waals surface area contributed by atoms with E-state index in [0.717, 1.165) is 47.2 Å². The summed E-state index contributed by atoms with van der Waals surface area (Å²) >= 11 is 0. The van der Waals surface area contributed by atoms with Crippen LogP contribution in [0.4, 0.5) is 0 Å². The van der Waals surface area contributed by atoms with Crippen LogP contribution in [0.15, 0.2) is 54.7 Å². The van der Waals surface area contributed by atoms with Crippen LogP contribution in [0.5, 0.6) is 5.75 Å². The maximum absolute atomic E-state index is 11.5. The number of unbranched alkanes of at least 4 members (excludes halogenated alkanes) is 1. The van der Waals surface area contributed by atoms with E-state index in [-0.39, 0.29) is 5.75 Å². The first-order valence-corrected chi connectivity index (χ1v) is 9.59. The van der Waals surface area contributed by atoms with Gasteiger partial charge in [0.05, 0.1) is 11.8 Å². The van der Waals surface area contributed by atoms with E-state index in [0.29, 0.717) is 17.5 Å². The Morgan fingerprint density at radius 3 is 2.46 bits per heavy atom. The molecule has 0 aliphatic rings. The third-order valence-electron chi connectivity index (χ3n) is 5.10. The summed E-state index contributed by atoms with van der Waals surface area (Å²) in [6.45, 7) is 4.08. The lowest BCUT2D eigenvalue weighted by Crippen LogP contribution is -2.03. The molecule has 0 saturated heterocycles. The zero-order valence-corrected chi connectivity index (χ0v) is 16.3. The van der Waals surface area contributed by atoms with Crippen LogP contribution in [0.1, 0.15) is 52.5 Å². The Bertz CT molecular complexity index is 978. The van der Waals surface area contributed by atoms with Gasteiger partial charge in [0, 0.05) is 5.69 Å². The van der Waals surface area contributed by atoms with E-state index in [2.05, 4.69) is 11.9 Å². The van der Waals surface area contributed by atoms with Crippen molar-refractivity contribution in [2.45, 2.75) is 39.5 Å². The molecule has 0 spiro atoms. The molecule has 4 heteroatoms. The fourth-order valence-corrected chi connectivity index (χ4v) is 3.41. The van der Waals surface area contributed by atoms with Crippen molar-refractivity contribution in [3.05, 3.63) is 82.7 Å². The summed E-state index contributed by atoms with van der Waals surface area (Å²) in [5, 5.41) is 19.5. The van der Waals surface area contributed by atoms with Crippen molar-refractivity contribution in [2.24, 2.45) is 0 Å². The van der Waals surface area contributed by atoms with Crippen LogP contribution < -0.4 is 0 Å². The van der Waals surface area contributed by atoms with Crippen LogP contribution >= 0.6 is 0 Å². The summed E-state index contributed by atoms with van der Waals surface area (Å²) in [5.41, 5.74) is 5.97. The highest BCUT2D eigenvalue weighted by molar-refractivity contribution is 5.95. The monoisotopic (exact) mass is 375 g/mol. The number of aromatic hydroxyl groups is 1. The summed E-state index contributed by atoms with van der Waals surface area (Å²) in [6.07, 6.45) is 5.29. The second kappa shape index (κ2) is 8.70. The van der Waals surface area contributed by atoms with Gasteiger partial charge in [0.25, 0.3) is 0 Å². The van der Waals surface area contributed by atoms with Crippen molar-refractivity contribution in [1.82, 2.24) is 4.98 Å². The molecule has 2 aromatic carbocycles. The van der Waals surface area contributed by atoms with Gasteiger partial charge in [-0.05, 0) is 60.1 Å². The first kappa shape index (κ1) is 19.6. The lowest BCUT2D eigenvalue weighted by atomic mass is 9.94. The fraction of sp³-hybridized carbons (Fsp3) is 0.250. The van der Waals surface area contributed by atoms with Crippen LogP contribution in [-0.4, -0.2) is 21.2 Å². The van der Waals surface area contributed by atoms with E-state index in [4.69, 9.17) is 0 Å². The highest BCUT2D eigenvalue weighted by atomic mass is 16.4. The molecular formula is C24H25NO3. The van der Waals surface area contributed by atoms with Gasteiger partial charge in [-0.15, -0.1) is 0 Å². The van der Waals surface area contributed by atoms with Gasteiger partial charge in [-0.25, -0.2) is 4.79 Å². The lowest BCUT2D eigenvalue weighted by molar-refractivity contribution is 0.0697.